The second-order valence-corrected chi connectivity index (χ2v) is 8.43. The first kappa shape index (κ1) is 20.4. The summed E-state index contributed by atoms with van der Waals surface area (Å²) in [5.74, 6) is 2.81. The van der Waals surface area contributed by atoms with E-state index in [0.717, 1.165) is 23.4 Å². The zero-order valence-electron chi connectivity index (χ0n) is 17.4. The molecule has 0 saturated carbocycles. The fourth-order valence-electron chi connectivity index (χ4n) is 3.18. The molecule has 0 radical (unpaired) electrons. The van der Waals surface area contributed by atoms with Crippen LogP contribution in [-0.2, 0) is 13.1 Å². The van der Waals surface area contributed by atoms with E-state index in [-0.39, 0.29) is 0 Å². The Balaban J connectivity index is 1.43. The highest BCUT2D eigenvalue weighted by molar-refractivity contribution is 7.13. The predicted molar refractivity (Wildman–Crippen MR) is 116 cm³/mol. The van der Waals surface area contributed by atoms with Crippen molar-refractivity contribution in [3.05, 3.63) is 59.1 Å². The van der Waals surface area contributed by atoms with Crippen molar-refractivity contribution in [1.29, 1.82) is 0 Å². The molecular formula is C22H25N5O2S. The van der Waals surface area contributed by atoms with Gasteiger partial charge < -0.3 is 8.94 Å². The Labute approximate surface area is 179 Å². The molecule has 0 N–H and O–H groups in total. The molecule has 30 heavy (non-hydrogen) atoms. The average molecular weight is 424 g/mol. The quantitative estimate of drug-likeness (QED) is 0.357. The lowest BCUT2D eigenvalue weighted by Crippen LogP contribution is -2.24. The average Bonchev–Trinajstić information content (AvgIpc) is 3.50. The summed E-state index contributed by atoms with van der Waals surface area (Å²) in [5.41, 5.74) is 2.24. The van der Waals surface area contributed by atoms with Gasteiger partial charge in [-0.3, -0.25) is 4.90 Å². The molecular weight excluding hydrogens is 398 g/mol. The van der Waals surface area contributed by atoms with Gasteiger partial charge in [0.05, 0.1) is 18.0 Å². The van der Waals surface area contributed by atoms with Crippen LogP contribution in [0.5, 0.6) is 0 Å². The van der Waals surface area contributed by atoms with E-state index in [9.17, 15) is 0 Å². The van der Waals surface area contributed by atoms with Crippen LogP contribution in [-0.4, -0.2) is 31.8 Å². The lowest BCUT2D eigenvalue weighted by Gasteiger charge is -2.16. The molecule has 0 unspecified atom stereocenters. The smallest absolute Gasteiger partial charge is 0.257 e. The summed E-state index contributed by atoms with van der Waals surface area (Å²) in [6.45, 7) is 8.41. The summed E-state index contributed by atoms with van der Waals surface area (Å²) < 4.78 is 11.3. The van der Waals surface area contributed by atoms with Crippen molar-refractivity contribution >= 4 is 11.3 Å². The zero-order chi connectivity index (χ0) is 20.9. The summed E-state index contributed by atoms with van der Waals surface area (Å²) in [5, 5.41) is 14.5. The SMILES string of the molecule is CCCN(Cc1nc(-c2ccc(C(C)C)cc2)no1)Cc1nnc(-c2cccs2)o1. The second kappa shape index (κ2) is 9.32. The Bertz CT molecular complexity index is 1050. The van der Waals surface area contributed by atoms with Crippen molar-refractivity contribution < 1.29 is 8.94 Å². The molecule has 0 bridgehead atoms. The Morgan fingerprint density at radius 1 is 1.03 bits per heavy atom. The number of hydrogen-bond donors (Lipinski definition) is 0. The molecule has 0 fully saturated rings. The third-order valence-corrected chi connectivity index (χ3v) is 5.62. The Morgan fingerprint density at radius 2 is 1.83 bits per heavy atom. The molecule has 0 aliphatic carbocycles. The van der Waals surface area contributed by atoms with Gasteiger partial charge in [-0.2, -0.15) is 4.98 Å². The highest BCUT2D eigenvalue weighted by Gasteiger charge is 2.17. The van der Waals surface area contributed by atoms with Crippen molar-refractivity contribution in [2.45, 2.75) is 46.2 Å². The molecule has 156 valence electrons. The maximum absolute atomic E-state index is 5.83. The largest absolute Gasteiger partial charge is 0.419 e. The molecule has 4 aromatic rings. The molecule has 3 heterocycles. The van der Waals surface area contributed by atoms with Gasteiger partial charge in [-0.25, -0.2) is 0 Å². The minimum Gasteiger partial charge on any atom is -0.419 e. The van der Waals surface area contributed by atoms with Gasteiger partial charge in [0.15, 0.2) is 0 Å². The number of benzene rings is 1. The van der Waals surface area contributed by atoms with E-state index in [0.29, 0.717) is 42.5 Å². The lowest BCUT2D eigenvalue weighted by atomic mass is 10.0. The van der Waals surface area contributed by atoms with Gasteiger partial charge in [0, 0.05) is 5.56 Å². The molecule has 3 aromatic heterocycles. The first-order valence-electron chi connectivity index (χ1n) is 10.1. The Hall–Kier alpha value is -2.84. The van der Waals surface area contributed by atoms with Crippen LogP contribution in [0.4, 0.5) is 0 Å². The van der Waals surface area contributed by atoms with E-state index in [2.05, 4.69) is 58.1 Å². The van der Waals surface area contributed by atoms with E-state index in [1.807, 2.05) is 29.6 Å². The summed E-state index contributed by atoms with van der Waals surface area (Å²) >= 11 is 1.58. The second-order valence-electron chi connectivity index (χ2n) is 7.48. The van der Waals surface area contributed by atoms with Crippen LogP contribution in [0.15, 0.2) is 50.7 Å². The van der Waals surface area contributed by atoms with Gasteiger partial charge in [-0.05, 0) is 35.9 Å². The summed E-state index contributed by atoms with van der Waals surface area (Å²) in [7, 11) is 0. The number of hydrogen-bond acceptors (Lipinski definition) is 8. The van der Waals surface area contributed by atoms with Crippen LogP contribution < -0.4 is 0 Å². The van der Waals surface area contributed by atoms with E-state index >= 15 is 0 Å². The van der Waals surface area contributed by atoms with Gasteiger partial charge in [-0.15, -0.1) is 21.5 Å². The van der Waals surface area contributed by atoms with Crippen LogP contribution >= 0.6 is 11.3 Å². The van der Waals surface area contributed by atoms with E-state index < -0.39 is 0 Å². The van der Waals surface area contributed by atoms with Gasteiger partial charge in [0.25, 0.3) is 5.89 Å². The van der Waals surface area contributed by atoms with Gasteiger partial charge in [-0.1, -0.05) is 56.3 Å². The molecule has 1 aromatic carbocycles. The predicted octanol–water partition coefficient (Wildman–Crippen LogP) is 5.38. The molecule has 0 amide bonds. The van der Waals surface area contributed by atoms with Crippen LogP contribution in [0.3, 0.4) is 0 Å². The topological polar surface area (TPSA) is 81.1 Å². The van der Waals surface area contributed by atoms with Crippen molar-refractivity contribution in [3.63, 3.8) is 0 Å². The number of nitrogens with zero attached hydrogens (tertiary/aromatic N) is 5. The number of rotatable bonds is 9. The molecule has 0 aliphatic heterocycles. The highest BCUT2D eigenvalue weighted by Crippen LogP contribution is 2.24. The number of thiophene rings is 1. The zero-order valence-corrected chi connectivity index (χ0v) is 18.2. The summed E-state index contributed by atoms with van der Waals surface area (Å²) in [6.07, 6.45) is 0.990. The van der Waals surface area contributed by atoms with Crippen molar-refractivity contribution in [3.8, 4) is 22.2 Å². The third kappa shape index (κ3) is 4.83. The first-order valence-corrected chi connectivity index (χ1v) is 11.0. The van der Waals surface area contributed by atoms with Gasteiger partial charge in [0.1, 0.15) is 0 Å². The van der Waals surface area contributed by atoms with E-state index in [4.69, 9.17) is 8.94 Å². The number of aromatic nitrogens is 4. The van der Waals surface area contributed by atoms with Gasteiger partial charge in [0.2, 0.25) is 17.6 Å². The van der Waals surface area contributed by atoms with Gasteiger partial charge >= 0.3 is 0 Å². The normalized spacial score (nSPS) is 11.6. The molecule has 8 heteroatoms. The maximum atomic E-state index is 5.83. The Morgan fingerprint density at radius 3 is 2.53 bits per heavy atom. The van der Waals surface area contributed by atoms with Crippen LogP contribution in [0.2, 0.25) is 0 Å². The van der Waals surface area contributed by atoms with Crippen molar-refractivity contribution in [2.75, 3.05) is 6.54 Å². The standard InChI is InChI=1S/C22H25N5O2S/c1-4-11-27(14-20-24-25-22(28-20)18-6-5-12-30-18)13-19-23-21(26-29-19)17-9-7-16(8-10-17)15(2)3/h5-10,12,15H,4,11,13-14H2,1-3H3. The molecule has 0 saturated heterocycles. The Kier molecular flexibility index (Phi) is 6.35. The third-order valence-electron chi connectivity index (χ3n) is 4.76. The molecule has 7 nitrogen and oxygen atoms in total. The fraction of sp³-hybridized carbons (Fsp3) is 0.364. The monoisotopic (exact) mass is 423 g/mol. The summed E-state index contributed by atoms with van der Waals surface area (Å²) in [6, 6.07) is 12.2. The van der Waals surface area contributed by atoms with Crippen LogP contribution in [0.25, 0.3) is 22.2 Å². The fourth-order valence-corrected chi connectivity index (χ4v) is 3.83. The summed E-state index contributed by atoms with van der Waals surface area (Å²) in [4.78, 5) is 7.72. The van der Waals surface area contributed by atoms with Crippen molar-refractivity contribution in [1.82, 2.24) is 25.2 Å². The highest BCUT2D eigenvalue weighted by atomic mass is 32.1. The van der Waals surface area contributed by atoms with Crippen LogP contribution in [0, 0.1) is 0 Å². The minimum atomic E-state index is 0.493. The van der Waals surface area contributed by atoms with E-state index in [1.54, 1.807) is 11.3 Å². The molecule has 0 aliphatic rings. The van der Waals surface area contributed by atoms with E-state index in [1.165, 1.54) is 5.56 Å². The first-order chi connectivity index (χ1) is 14.6. The molecule has 0 spiro atoms. The van der Waals surface area contributed by atoms with Crippen molar-refractivity contribution in [2.24, 2.45) is 0 Å². The lowest BCUT2D eigenvalue weighted by molar-refractivity contribution is 0.201. The maximum Gasteiger partial charge on any atom is 0.257 e. The molecule has 0 atom stereocenters. The minimum absolute atomic E-state index is 0.493. The van der Waals surface area contributed by atoms with Crippen LogP contribution in [0.1, 0.15) is 50.5 Å². The molecule has 4 rings (SSSR count).